The van der Waals surface area contributed by atoms with E-state index >= 15 is 0 Å². The summed E-state index contributed by atoms with van der Waals surface area (Å²) < 4.78 is 19.7. The van der Waals surface area contributed by atoms with Crippen LogP contribution in [0.1, 0.15) is 11.3 Å². The van der Waals surface area contributed by atoms with E-state index in [1.54, 1.807) is 13.0 Å². The molecule has 2 N–H and O–H groups in total. The monoisotopic (exact) mass is 322 g/mol. The number of nitrogens with one attached hydrogen (secondary N) is 1. The maximum Gasteiger partial charge on any atom is 0.325 e. The number of ether oxygens (including phenoxy) is 1. The van der Waals surface area contributed by atoms with Crippen LogP contribution in [0.5, 0.6) is 5.75 Å². The Kier molecular flexibility index (Phi) is 5.23. The molecule has 0 atom stereocenters. The minimum Gasteiger partial charge on any atom is -0.481 e. The number of hydrogen-bond donors (Lipinski definition) is 2. The molecule has 0 radical (unpaired) electrons. The highest BCUT2D eigenvalue weighted by Gasteiger charge is 2.09. The average molecular weight is 322 g/mol. The lowest BCUT2D eigenvalue weighted by molar-refractivity contribution is -0.138. The molecule has 0 saturated carbocycles. The van der Waals surface area contributed by atoms with E-state index in [2.05, 4.69) is 15.6 Å². The Morgan fingerprint density at radius 1 is 1.43 bits per heavy atom. The average Bonchev–Trinajstić information content (AvgIpc) is 2.92. The molecule has 0 spiro atoms. The van der Waals surface area contributed by atoms with Crippen molar-refractivity contribution in [2.75, 3.05) is 6.61 Å². The molecule has 0 aliphatic rings. The lowest BCUT2D eigenvalue weighted by Crippen LogP contribution is -2.28. The summed E-state index contributed by atoms with van der Waals surface area (Å²) in [5.41, 5.74) is 1.22. The number of carboxylic acid groups (broad SMARTS) is 1. The molecule has 0 aliphatic heterocycles. The van der Waals surface area contributed by atoms with Gasteiger partial charge in [0.15, 0.2) is 18.2 Å². The maximum absolute atomic E-state index is 13.5. The van der Waals surface area contributed by atoms with Gasteiger partial charge in [0.05, 0.1) is 12.7 Å². The van der Waals surface area contributed by atoms with Crippen LogP contribution in [0, 0.1) is 12.7 Å². The molecule has 0 aliphatic carbocycles. The third kappa shape index (κ3) is 5.06. The van der Waals surface area contributed by atoms with Gasteiger partial charge in [0, 0.05) is 0 Å². The molecule has 2 rings (SSSR count). The van der Waals surface area contributed by atoms with E-state index in [-0.39, 0.29) is 25.4 Å². The number of nitrogens with zero attached hydrogens (tertiary/aromatic N) is 3. The van der Waals surface area contributed by atoms with Crippen molar-refractivity contribution in [3.63, 3.8) is 0 Å². The van der Waals surface area contributed by atoms with Crippen LogP contribution in [0.25, 0.3) is 0 Å². The Balaban J connectivity index is 1.80. The van der Waals surface area contributed by atoms with Crippen LogP contribution in [-0.2, 0) is 22.7 Å². The Hall–Kier alpha value is -2.97. The quantitative estimate of drug-likeness (QED) is 0.769. The van der Waals surface area contributed by atoms with E-state index in [9.17, 15) is 14.0 Å². The fraction of sp³-hybridized carbons (Fsp3) is 0.286. The summed E-state index contributed by atoms with van der Waals surface area (Å²) in [6, 6.07) is 4.37. The Bertz CT molecular complexity index is 717. The van der Waals surface area contributed by atoms with E-state index in [1.165, 1.54) is 18.3 Å². The number of carbonyl (C=O) groups excluding carboxylic acids is 1. The van der Waals surface area contributed by atoms with Crippen LogP contribution in [0.3, 0.4) is 0 Å². The van der Waals surface area contributed by atoms with Crippen molar-refractivity contribution in [3.05, 3.63) is 41.5 Å². The smallest absolute Gasteiger partial charge is 0.325 e. The molecule has 1 amide bonds. The first kappa shape index (κ1) is 16.4. The number of amides is 1. The number of aryl methyl sites for hydroxylation is 1. The predicted octanol–water partition coefficient (Wildman–Crippen LogP) is 0.505. The second-order valence-corrected chi connectivity index (χ2v) is 4.80. The number of halogens is 1. The second kappa shape index (κ2) is 7.34. The van der Waals surface area contributed by atoms with Crippen LogP contribution in [-0.4, -0.2) is 38.6 Å². The number of carbonyl (C=O) groups is 2. The van der Waals surface area contributed by atoms with Gasteiger partial charge >= 0.3 is 5.97 Å². The topological polar surface area (TPSA) is 106 Å². The molecule has 23 heavy (non-hydrogen) atoms. The zero-order valence-electron chi connectivity index (χ0n) is 12.3. The minimum atomic E-state index is -1.04. The molecule has 0 unspecified atom stereocenters. The van der Waals surface area contributed by atoms with Crippen molar-refractivity contribution < 1.29 is 23.8 Å². The van der Waals surface area contributed by atoms with Crippen molar-refractivity contribution in [3.8, 4) is 5.75 Å². The number of benzene rings is 1. The fourth-order valence-corrected chi connectivity index (χ4v) is 1.74. The highest BCUT2D eigenvalue weighted by molar-refractivity contribution is 5.77. The number of carboxylic acids is 1. The van der Waals surface area contributed by atoms with E-state index in [1.807, 2.05) is 0 Å². The zero-order valence-corrected chi connectivity index (χ0v) is 12.3. The van der Waals surface area contributed by atoms with Gasteiger partial charge in [-0.25, -0.2) is 9.07 Å². The summed E-state index contributed by atoms with van der Waals surface area (Å²) >= 11 is 0. The molecule has 1 aromatic heterocycles. The maximum atomic E-state index is 13.5. The van der Waals surface area contributed by atoms with Gasteiger partial charge < -0.3 is 15.2 Å². The van der Waals surface area contributed by atoms with Gasteiger partial charge in [0.2, 0.25) is 0 Å². The number of aromatic nitrogens is 3. The summed E-state index contributed by atoms with van der Waals surface area (Å²) in [6.45, 7) is 1.20. The van der Waals surface area contributed by atoms with Crippen LogP contribution < -0.4 is 10.1 Å². The standard InChI is InChI=1S/C14H15FN4O4/c1-9-2-3-11(15)12(4-9)23-8-13(20)16-5-10-6-19(18-17-10)7-14(21)22/h2-4,6H,5,7-8H2,1H3,(H,16,20)(H,21,22). The van der Waals surface area contributed by atoms with Gasteiger partial charge in [-0.1, -0.05) is 11.3 Å². The number of rotatable bonds is 7. The number of hydrogen-bond acceptors (Lipinski definition) is 5. The van der Waals surface area contributed by atoms with Crippen molar-refractivity contribution in [2.24, 2.45) is 0 Å². The Morgan fingerprint density at radius 2 is 2.22 bits per heavy atom. The first-order valence-electron chi connectivity index (χ1n) is 6.70. The van der Waals surface area contributed by atoms with Crippen LogP contribution in [0.15, 0.2) is 24.4 Å². The molecule has 9 heteroatoms. The zero-order chi connectivity index (χ0) is 16.8. The van der Waals surface area contributed by atoms with Gasteiger partial charge in [0.25, 0.3) is 5.91 Å². The summed E-state index contributed by atoms with van der Waals surface area (Å²) in [7, 11) is 0. The largest absolute Gasteiger partial charge is 0.481 e. The molecule has 2 aromatic rings. The first-order chi connectivity index (χ1) is 10.9. The summed E-state index contributed by atoms with van der Waals surface area (Å²) in [5, 5.41) is 18.5. The first-order valence-corrected chi connectivity index (χ1v) is 6.70. The van der Waals surface area contributed by atoms with Crippen molar-refractivity contribution >= 4 is 11.9 Å². The summed E-state index contributed by atoms with van der Waals surface area (Å²) in [6.07, 6.45) is 1.41. The van der Waals surface area contributed by atoms with Crippen molar-refractivity contribution in [1.82, 2.24) is 20.3 Å². The predicted molar refractivity (Wildman–Crippen MR) is 76.1 cm³/mol. The molecule has 0 saturated heterocycles. The molecular weight excluding hydrogens is 307 g/mol. The number of aliphatic carboxylic acids is 1. The lowest BCUT2D eigenvalue weighted by Gasteiger charge is -2.08. The second-order valence-electron chi connectivity index (χ2n) is 4.80. The van der Waals surface area contributed by atoms with E-state index in [4.69, 9.17) is 9.84 Å². The third-order valence-corrected chi connectivity index (χ3v) is 2.80. The highest BCUT2D eigenvalue weighted by atomic mass is 19.1. The Labute approximate surface area is 130 Å². The van der Waals surface area contributed by atoms with Gasteiger partial charge in [-0.3, -0.25) is 9.59 Å². The van der Waals surface area contributed by atoms with Gasteiger partial charge in [-0.15, -0.1) is 5.10 Å². The van der Waals surface area contributed by atoms with Crippen molar-refractivity contribution in [1.29, 1.82) is 0 Å². The molecule has 1 heterocycles. The molecule has 0 bridgehead atoms. The highest BCUT2D eigenvalue weighted by Crippen LogP contribution is 2.17. The van der Waals surface area contributed by atoms with E-state index in [0.29, 0.717) is 5.69 Å². The normalized spacial score (nSPS) is 10.3. The molecular formula is C14H15FN4O4. The molecule has 1 aromatic carbocycles. The fourth-order valence-electron chi connectivity index (χ4n) is 1.74. The summed E-state index contributed by atoms with van der Waals surface area (Å²) in [4.78, 5) is 22.2. The Morgan fingerprint density at radius 3 is 2.96 bits per heavy atom. The summed E-state index contributed by atoms with van der Waals surface area (Å²) in [5.74, 6) is -2.04. The van der Waals surface area contributed by atoms with Gasteiger partial charge in [0.1, 0.15) is 12.2 Å². The lowest BCUT2D eigenvalue weighted by atomic mass is 10.2. The van der Waals surface area contributed by atoms with Crippen LogP contribution in [0.4, 0.5) is 4.39 Å². The SMILES string of the molecule is Cc1ccc(F)c(OCC(=O)NCc2cn(CC(=O)O)nn2)c1. The van der Waals surface area contributed by atoms with Gasteiger partial charge in [-0.2, -0.15) is 0 Å². The van der Waals surface area contributed by atoms with Gasteiger partial charge in [-0.05, 0) is 24.6 Å². The molecule has 122 valence electrons. The van der Waals surface area contributed by atoms with E-state index < -0.39 is 17.7 Å². The minimum absolute atomic E-state index is 0.00699. The molecule has 0 fully saturated rings. The van der Waals surface area contributed by atoms with Crippen molar-refractivity contribution in [2.45, 2.75) is 20.0 Å². The third-order valence-electron chi connectivity index (χ3n) is 2.80. The molecule has 8 nitrogen and oxygen atoms in total. The van der Waals surface area contributed by atoms with Crippen LogP contribution in [0.2, 0.25) is 0 Å². The van der Waals surface area contributed by atoms with E-state index in [0.717, 1.165) is 10.2 Å². The van der Waals surface area contributed by atoms with Crippen LogP contribution >= 0.6 is 0 Å².